The van der Waals surface area contributed by atoms with Crippen molar-refractivity contribution < 1.29 is 9.13 Å². The number of fused-ring (bicyclic) bond motifs is 1. The van der Waals surface area contributed by atoms with Gasteiger partial charge in [0.25, 0.3) is 0 Å². The second-order valence-corrected chi connectivity index (χ2v) is 8.05. The Morgan fingerprint density at radius 1 is 1.13 bits per heavy atom. The summed E-state index contributed by atoms with van der Waals surface area (Å²) >= 11 is 0. The van der Waals surface area contributed by atoms with Gasteiger partial charge < -0.3 is 15.8 Å². The monoisotopic (exact) mass is 417 g/mol. The van der Waals surface area contributed by atoms with Crippen molar-refractivity contribution in [2.45, 2.75) is 38.0 Å². The van der Waals surface area contributed by atoms with Crippen LogP contribution in [0.1, 0.15) is 31.4 Å². The highest BCUT2D eigenvalue weighted by atomic mass is 19.1. The molecule has 2 aromatic carbocycles. The normalized spacial score (nSPS) is 19.1. The fraction of sp³-hybridized carbons (Fsp3) is 0.250. The predicted molar refractivity (Wildman–Crippen MR) is 118 cm³/mol. The minimum absolute atomic E-state index is 0.0938. The van der Waals surface area contributed by atoms with Crippen molar-refractivity contribution in [1.82, 2.24) is 14.6 Å². The molecule has 0 saturated heterocycles. The number of hydrogen-bond donors (Lipinski definition) is 2. The molecular formula is C24H24FN5O. The molecule has 0 amide bonds. The number of nitrogens with zero attached hydrogens (tertiary/aromatic N) is 3. The number of ether oxygens (including phenoxy) is 1. The van der Waals surface area contributed by atoms with Crippen LogP contribution in [0.25, 0.3) is 16.9 Å². The number of rotatable bonds is 6. The minimum Gasteiger partial charge on any atom is -0.490 e. The molecule has 2 aromatic heterocycles. The van der Waals surface area contributed by atoms with Gasteiger partial charge in [0.2, 0.25) is 0 Å². The van der Waals surface area contributed by atoms with Crippen LogP contribution in [-0.2, 0) is 0 Å². The lowest BCUT2D eigenvalue weighted by atomic mass is 9.90. The average Bonchev–Trinajstić information content (AvgIpc) is 3.16. The summed E-state index contributed by atoms with van der Waals surface area (Å²) in [6, 6.07) is 18.5. The molecule has 0 spiro atoms. The standard InChI is InChI=1S/C24H24FN5O/c1-15(17-3-2-4-18(25)11-17)28-23-9-10-24-27-14-22(30(24)29-23)16-5-7-20(8-6-16)31-21-12-19(26)13-21/h2-11,14-15,19,21H,12-13,26H2,1H3,(H,28,29)/t15-,19?,21?/m1/s1. The van der Waals surface area contributed by atoms with E-state index in [-0.39, 0.29) is 24.0 Å². The van der Waals surface area contributed by atoms with E-state index in [9.17, 15) is 4.39 Å². The molecule has 4 aromatic rings. The molecule has 1 aliphatic rings. The average molecular weight is 417 g/mol. The van der Waals surface area contributed by atoms with Gasteiger partial charge in [0.05, 0.1) is 17.9 Å². The molecule has 7 heteroatoms. The number of hydrogen-bond acceptors (Lipinski definition) is 5. The largest absolute Gasteiger partial charge is 0.490 e. The number of nitrogens with one attached hydrogen (secondary N) is 1. The van der Waals surface area contributed by atoms with Gasteiger partial charge in [0, 0.05) is 11.6 Å². The third-order valence-electron chi connectivity index (χ3n) is 5.66. The Morgan fingerprint density at radius 2 is 1.94 bits per heavy atom. The van der Waals surface area contributed by atoms with Crippen LogP contribution in [0.5, 0.6) is 5.75 Å². The van der Waals surface area contributed by atoms with Gasteiger partial charge in [-0.15, -0.1) is 5.10 Å². The molecule has 5 rings (SSSR count). The highest BCUT2D eigenvalue weighted by molar-refractivity contribution is 5.64. The molecule has 1 saturated carbocycles. The molecule has 1 atom stereocenters. The second kappa shape index (κ2) is 8.00. The van der Waals surface area contributed by atoms with Gasteiger partial charge in [0.1, 0.15) is 23.5 Å². The number of nitrogens with two attached hydrogens (primary N) is 1. The van der Waals surface area contributed by atoms with Crippen molar-refractivity contribution in [3.05, 3.63) is 78.2 Å². The van der Waals surface area contributed by atoms with Gasteiger partial charge in [-0.05, 0) is 73.9 Å². The highest BCUT2D eigenvalue weighted by Crippen LogP contribution is 2.28. The SMILES string of the molecule is C[C@@H](Nc1ccc2ncc(-c3ccc(OC4CC(N)C4)cc3)n2n1)c1cccc(F)c1. The third kappa shape index (κ3) is 4.09. The van der Waals surface area contributed by atoms with Crippen LogP contribution >= 0.6 is 0 Å². The fourth-order valence-corrected chi connectivity index (χ4v) is 3.83. The third-order valence-corrected chi connectivity index (χ3v) is 5.66. The summed E-state index contributed by atoms with van der Waals surface area (Å²) in [6.45, 7) is 1.98. The van der Waals surface area contributed by atoms with Crippen LogP contribution < -0.4 is 15.8 Å². The second-order valence-electron chi connectivity index (χ2n) is 8.05. The van der Waals surface area contributed by atoms with Crippen molar-refractivity contribution in [2.24, 2.45) is 5.73 Å². The van der Waals surface area contributed by atoms with Crippen molar-refractivity contribution in [2.75, 3.05) is 5.32 Å². The highest BCUT2D eigenvalue weighted by Gasteiger charge is 2.27. The quantitative estimate of drug-likeness (QED) is 0.480. The molecular weight excluding hydrogens is 393 g/mol. The van der Waals surface area contributed by atoms with Gasteiger partial charge in [-0.2, -0.15) is 0 Å². The summed E-state index contributed by atoms with van der Waals surface area (Å²) in [7, 11) is 0. The Bertz CT molecular complexity index is 1200. The molecule has 158 valence electrons. The van der Waals surface area contributed by atoms with Crippen LogP contribution in [0.3, 0.4) is 0 Å². The Kier molecular flexibility index (Phi) is 5.03. The van der Waals surface area contributed by atoms with Crippen molar-refractivity contribution >= 4 is 11.5 Å². The first kappa shape index (κ1) is 19.5. The number of imidazole rings is 1. The fourth-order valence-electron chi connectivity index (χ4n) is 3.83. The summed E-state index contributed by atoms with van der Waals surface area (Å²) in [6.07, 6.45) is 3.83. The van der Waals surface area contributed by atoms with Gasteiger partial charge >= 0.3 is 0 Å². The van der Waals surface area contributed by atoms with Crippen molar-refractivity contribution in [3.63, 3.8) is 0 Å². The minimum atomic E-state index is -0.251. The van der Waals surface area contributed by atoms with Gasteiger partial charge in [0.15, 0.2) is 5.65 Å². The Labute approximate surface area is 179 Å². The van der Waals surface area contributed by atoms with Gasteiger partial charge in [-0.3, -0.25) is 0 Å². The lowest BCUT2D eigenvalue weighted by Crippen LogP contribution is -2.43. The smallest absolute Gasteiger partial charge is 0.154 e. The van der Waals surface area contributed by atoms with Crippen LogP contribution in [0.4, 0.5) is 10.2 Å². The van der Waals surface area contributed by atoms with Crippen molar-refractivity contribution in [3.8, 4) is 17.0 Å². The van der Waals surface area contributed by atoms with Crippen LogP contribution in [0.2, 0.25) is 0 Å². The first-order valence-corrected chi connectivity index (χ1v) is 10.4. The number of anilines is 1. The molecule has 0 bridgehead atoms. The molecule has 6 nitrogen and oxygen atoms in total. The number of halogens is 1. The lowest BCUT2D eigenvalue weighted by Gasteiger charge is -2.32. The van der Waals surface area contributed by atoms with Crippen molar-refractivity contribution in [1.29, 1.82) is 0 Å². The van der Waals surface area contributed by atoms with Crippen LogP contribution in [0.15, 0.2) is 66.9 Å². The van der Waals surface area contributed by atoms with E-state index in [4.69, 9.17) is 15.6 Å². The molecule has 0 unspecified atom stereocenters. The Hall–Kier alpha value is -3.45. The molecule has 2 heterocycles. The van der Waals surface area contributed by atoms with Crippen LogP contribution in [0, 0.1) is 5.82 Å². The summed E-state index contributed by atoms with van der Waals surface area (Å²) in [4.78, 5) is 4.46. The molecule has 0 aliphatic heterocycles. The molecule has 0 radical (unpaired) electrons. The summed E-state index contributed by atoms with van der Waals surface area (Å²) in [5.41, 5.74) is 9.31. The zero-order valence-corrected chi connectivity index (χ0v) is 17.2. The molecule has 3 N–H and O–H groups in total. The van der Waals surface area contributed by atoms with Gasteiger partial charge in [-0.25, -0.2) is 13.9 Å². The lowest BCUT2D eigenvalue weighted by molar-refractivity contribution is 0.101. The van der Waals surface area contributed by atoms with E-state index in [2.05, 4.69) is 10.3 Å². The summed E-state index contributed by atoms with van der Waals surface area (Å²) in [5, 5.41) is 8.04. The first-order chi connectivity index (χ1) is 15.0. The van der Waals surface area contributed by atoms with E-state index in [1.807, 2.05) is 55.6 Å². The number of benzene rings is 2. The molecule has 1 aliphatic carbocycles. The van der Waals surface area contributed by atoms with Gasteiger partial charge in [-0.1, -0.05) is 12.1 Å². The zero-order valence-electron chi connectivity index (χ0n) is 17.2. The first-order valence-electron chi connectivity index (χ1n) is 10.4. The van der Waals surface area contributed by atoms with Crippen LogP contribution in [-0.4, -0.2) is 26.7 Å². The topological polar surface area (TPSA) is 77.5 Å². The maximum Gasteiger partial charge on any atom is 0.154 e. The van der Waals surface area contributed by atoms with E-state index in [0.717, 1.165) is 41.1 Å². The van der Waals surface area contributed by atoms with E-state index in [1.54, 1.807) is 10.6 Å². The number of aromatic nitrogens is 3. The predicted octanol–water partition coefficient (Wildman–Crippen LogP) is 4.58. The maximum atomic E-state index is 13.5. The van der Waals surface area contributed by atoms with E-state index in [0.29, 0.717) is 5.82 Å². The summed E-state index contributed by atoms with van der Waals surface area (Å²) in [5.74, 6) is 1.28. The molecule has 1 fully saturated rings. The Balaban J connectivity index is 1.36. The Morgan fingerprint density at radius 3 is 2.68 bits per heavy atom. The zero-order chi connectivity index (χ0) is 21.4. The maximum absolute atomic E-state index is 13.5. The van der Waals surface area contributed by atoms with E-state index >= 15 is 0 Å². The summed E-state index contributed by atoms with van der Waals surface area (Å²) < 4.78 is 21.3. The molecule has 31 heavy (non-hydrogen) atoms. The van der Waals surface area contributed by atoms with E-state index < -0.39 is 0 Å². The van der Waals surface area contributed by atoms with E-state index in [1.165, 1.54) is 12.1 Å².